The molecule has 2 aromatic carbocycles. The highest BCUT2D eigenvalue weighted by Gasteiger charge is 2.45. The predicted molar refractivity (Wildman–Crippen MR) is 179 cm³/mol. The molecule has 4 rings (SSSR count). The molecule has 0 bridgehead atoms. The lowest BCUT2D eigenvalue weighted by atomic mass is 9.81. The average Bonchev–Trinajstić information content (AvgIpc) is 3.31. The zero-order chi connectivity index (χ0) is 35.7. The summed E-state index contributed by atoms with van der Waals surface area (Å²) < 4.78 is 104. The smallest absolute Gasteiger partial charge is 0.294 e. The van der Waals surface area contributed by atoms with Crippen molar-refractivity contribution in [3.05, 3.63) is 65.0 Å². The fourth-order valence-corrected chi connectivity index (χ4v) is 8.24. The Morgan fingerprint density at radius 3 is 2.10 bits per heavy atom. The summed E-state index contributed by atoms with van der Waals surface area (Å²) in [5, 5.41) is 12.4. The summed E-state index contributed by atoms with van der Waals surface area (Å²) in [6, 6.07) is 9.80. The van der Waals surface area contributed by atoms with Crippen LogP contribution < -0.4 is 4.90 Å². The van der Waals surface area contributed by atoms with E-state index in [1.807, 2.05) is 55.4 Å². The van der Waals surface area contributed by atoms with Crippen LogP contribution in [0, 0.1) is 0 Å². The molecule has 0 saturated heterocycles. The summed E-state index contributed by atoms with van der Waals surface area (Å²) in [7, 11) is -12.8. The van der Waals surface area contributed by atoms with Gasteiger partial charge in [0.25, 0.3) is 30.4 Å². The number of nitrogens with zero attached hydrogens (tertiary/aromatic N) is 2. The van der Waals surface area contributed by atoms with Crippen LogP contribution in [0.2, 0.25) is 0 Å². The molecule has 0 saturated carbocycles. The standard InChI is InChI=1S/C30H38N2O12S4/c1-29(2)23-19-21(45-44-43-33)9-11-25(23)31(15-5-7-17-46(34,35)36)27(29)13-14-28-30(3,4)24-20-22(48(40,41)42)10-12-26(24)32(28)16-6-8-18-47(37,38)39/h9-13,19-20H,5-8,15-18H2,1-4H3,(H3-,33,34,35,36,37,38,39,40,41,42)/p+1. The number of anilines is 1. The Hall–Kier alpha value is -2.61. The van der Waals surface area contributed by atoms with E-state index in [2.05, 4.69) is 15.1 Å². The van der Waals surface area contributed by atoms with Gasteiger partial charge in [-0.15, -0.1) is 4.33 Å². The summed E-state index contributed by atoms with van der Waals surface area (Å²) in [6.07, 6.45) is 3.01. The molecule has 2 aliphatic heterocycles. The number of hydrogen-bond donors (Lipinski definition) is 4. The van der Waals surface area contributed by atoms with Gasteiger partial charge in [0, 0.05) is 40.6 Å². The molecule has 2 heterocycles. The van der Waals surface area contributed by atoms with E-state index in [1.54, 1.807) is 12.1 Å². The Bertz CT molecular complexity index is 2000. The quantitative estimate of drug-likeness (QED) is 0.0363. The van der Waals surface area contributed by atoms with E-state index in [4.69, 9.17) is 5.26 Å². The Kier molecular flexibility index (Phi) is 11.4. The van der Waals surface area contributed by atoms with E-state index in [0.29, 0.717) is 47.8 Å². The predicted octanol–water partition coefficient (Wildman–Crippen LogP) is 4.91. The molecule has 0 fully saturated rings. The van der Waals surface area contributed by atoms with Crippen LogP contribution in [-0.4, -0.2) is 79.1 Å². The first-order valence-electron chi connectivity index (χ1n) is 14.9. The van der Waals surface area contributed by atoms with Crippen LogP contribution in [0.3, 0.4) is 0 Å². The van der Waals surface area contributed by atoms with Gasteiger partial charge in [0.1, 0.15) is 6.54 Å². The maximum Gasteiger partial charge on any atom is 0.294 e. The molecule has 48 heavy (non-hydrogen) atoms. The molecule has 4 N–H and O–H groups in total. The van der Waals surface area contributed by atoms with Gasteiger partial charge in [-0.2, -0.15) is 29.8 Å². The van der Waals surface area contributed by atoms with Gasteiger partial charge in [0.05, 0.1) is 45.6 Å². The summed E-state index contributed by atoms with van der Waals surface area (Å²) in [6.45, 7) is 8.48. The molecule has 2 aliphatic rings. The molecular weight excluding hydrogens is 709 g/mol. The minimum atomic E-state index is -4.50. The third kappa shape index (κ3) is 8.75. The van der Waals surface area contributed by atoms with Crippen molar-refractivity contribution in [2.45, 2.75) is 74.0 Å². The van der Waals surface area contributed by atoms with Crippen LogP contribution >= 0.6 is 12.0 Å². The van der Waals surface area contributed by atoms with E-state index in [-0.39, 0.29) is 23.5 Å². The molecule has 0 aliphatic carbocycles. The molecule has 0 radical (unpaired) electrons. The van der Waals surface area contributed by atoms with Crippen LogP contribution in [0.25, 0.3) is 0 Å². The molecule has 0 unspecified atom stereocenters. The fourth-order valence-electron chi connectivity index (χ4n) is 6.19. The highest BCUT2D eigenvalue weighted by Crippen LogP contribution is 2.48. The SMILES string of the molecule is CC1(C)C(=C=CC2=[N+](CCCCS(=O)(=O)O)c3ccc(SOOO)cc3C2(C)C)N(CCCCS(=O)(=O)O)c2ccc(S(=O)(=O)O)cc21. The van der Waals surface area contributed by atoms with Gasteiger partial charge in [-0.25, -0.2) is 5.26 Å². The van der Waals surface area contributed by atoms with Crippen molar-refractivity contribution in [1.29, 1.82) is 0 Å². The summed E-state index contributed by atoms with van der Waals surface area (Å²) in [5.74, 6) is -0.800. The maximum atomic E-state index is 12.0. The Labute approximate surface area is 285 Å². The lowest BCUT2D eigenvalue weighted by molar-refractivity contribution is -0.438. The zero-order valence-corrected chi connectivity index (χ0v) is 30.0. The van der Waals surface area contributed by atoms with Gasteiger partial charge in [0.15, 0.2) is 5.71 Å². The molecular formula is C30H39N2O12S4+. The number of unbranched alkanes of at least 4 members (excludes halogenated alkanes) is 2. The van der Waals surface area contributed by atoms with Crippen molar-refractivity contribution in [1.82, 2.24) is 0 Å². The highest BCUT2D eigenvalue weighted by atomic mass is 32.2. The molecule has 2 aromatic rings. The first-order valence-corrected chi connectivity index (χ1v) is 20.3. The second kappa shape index (κ2) is 14.3. The molecule has 0 spiro atoms. The van der Waals surface area contributed by atoms with Crippen molar-refractivity contribution in [2.24, 2.45) is 0 Å². The number of rotatable bonds is 15. The van der Waals surface area contributed by atoms with E-state index in [1.165, 1.54) is 12.1 Å². The van der Waals surface area contributed by atoms with Gasteiger partial charge in [-0.3, -0.25) is 13.7 Å². The monoisotopic (exact) mass is 747 g/mol. The van der Waals surface area contributed by atoms with Gasteiger partial charge in [-0.05, 0) is 82.9 Å². The molecule has 18 heteroatoms. The normalized spacial score (nSPS) is 17.0. The minimum Gasteiger partial charge on any atom is -0.338 e. The van der Waals surface area contributed by atoms with Crippen molar-refractivity contribution >= 4 is 59.5 Å². The van der Waals surface area contributed by atoms with E-state index >= 15 is 0 Å². The lowest BCUT2D eigenvalue weighted by Crippen LogP contribution is -2.29. The topological polar surface area (TPSA) is 208 Å². The number of benzene rings is 2. The largest absolute Gasteiger partial charge is 0.338 e. The molecule has 0 aromatic heterocycles. The lowest BCUT2D eigenvalue weighted by Gasteiger charge is -2.25. The van der Waals surface area contributed by atoms with Crippen LogP contribution in [0.1, 0.15) is 64.5 Å². The van der Waals surface area contributed by atoms with Crippen LogP contribution in [-0.2, 0) is 50.6 Å². The van der Waals surface area contributed by atoms with Crippen LogP contribution in [0.4, 0.5) is 11.4 Å². The summed E-state index contributed by atoms with van der Waals surface area (Å²) >= 11 is 0.809. The maximum absolute atomic E-state index is 12.0. The Morgan fingerprint density at radius 2 is 1.50 bits per heavy atom. The second-order valence-corrected chi connectivity index (χ2v) is 18.0. The summed E-state index contributed by atoms with van der Waals surface area (Å²) in [5.41, 5.74) is 6.45. The van der Waals surface area contributed by atoms with Crippen molar-refractivity contribution in [3.8, 4) is 0 Å². The number of fused-ring (bicyclic) bond motifs is 2. The fraction of sp³-hybridized carbons (Fsp3) is 0.467. The Balaban J connectivity index is 1.84. The Morgan fingerprint density at radius 1 is 0.854 bits per heavy atom. The van der Waals surface area contributed by atoms with E-state index in [9.17, 15) is 38.9 Å². The second-order valence-electron chi connectivity index (χ2n) is 12.6. The van der Waals surface area contributed by atoms with Gasteiger partial charge in [0.2, 0.25) is 5.69 Å². The van der Waals surface area contributed by atoms with Crippen molar-refractivity contribution in [2.75, 3.05) is 29.5 Å². The average molecular weight is 748 g/mol. The number of hydrogen-bond acceptors (Lipinski definition) is 11. The van der Waals surface area contributed by atoms with Crippen LogP contribution in [0.15, 0.2) is 63.7 Å². The van der Waals surface area contributed by atoms with Gasteiger partial charge in [-0.1, -0.05) is 10.8 Å². The zero-order valence-electron chi connectivity index (χ0n) is 26.8. The minimum absolute atomic E-state index is 0.174. The van der Waals surface area contributed by atoms with E-state index in [0.717, 1.165) is 29.0 Å². The molecule has 14 nitrogen and oxygen atoms in total. The van der Waals surface area contributed by atoms with Crippen molar-refractivity contribution in [3.63, 3.8) is 0 Å². The highest BCUT2D eigenvalue weighted by molar-refractivity contribution is 7.94. The number of allylic oxidation sites excluding steroid dienone is 1. The first-order chi connectivity index (χ1) is 22.2. The molecule has 0 amide bonds. The first kappa shape index (κ1) is 38.2. The van der Waals surface area contributed by atoms with Crippen molar-refractivity contribution < 1.29 is 58.1 Å². The van der Waals surface area contributed by atoms with Gasteiger partial charge < -0.3 is 4.90 Å². The molecule has 264 valence electrons. The summed E-state index contributed by atoms with van der Waals surface area (Å²) in [4.78, 5) is 2.29. The molecule has 0 atom stereocenters. The van der Waals surface area contributed by atoms with Crippen LogP contribution in [0.5, 0.6) is 0 Å². The van der Waals surface area contributed by atoms with E-state index < -0.39 is 46.9 Å². The van der Waals surface area contributed by atoms with Gasteiger partial charge >= 0.3 is 0 Å². The third-order valence-corrected chi connectivity index (χ3v) is 11.6. The third-order valence-electron chi connectivity index (χ3n) is 8.53.